The van der Waals surface area contributed by atoms with Crippen LogP contribution in [0.5, 0.6) is 0 Å². The molecule has 5 nitrogen and oxygen atoms in total. The van der Waals surface area contributed by atoms with Crippen LogP contribution in [0.4, 0.5) is 0 Å². The Morgan fingerprint density at radius 3 is 3.17 bits per heavy atom. The number of hydrogen-bond acceptors (Lipinski definition) is 3. The van der Waals surface area contributed by atoms with Crippen LogP contribution in [0.15, 0.2) is 6.07 Å². The van der Waals surface area contributed by atoms with E-state index < -0.39 is 0 Å². The van der Waals surface area contributed by atoms with E-state index >= 15 is 0 Å². The minimum atomic E-state index is 0.0618. The number of H-pyrrole nitrogens is 1. The molecule has 0 aromatic carbocycles. The highest BCUT2D eigenvalue weighted by atomic mass is 16.2. The standard InChI is InChI=1S/C13H22N4O/c1-3-11-7-12(16-15-11)13(18)17-6-4-5-10(9-17)8-14-2/h7,10,14H,3-6,8-9H2,1-2H3,(H,15,16). The number of carbonyl (C=O) groups is 1. The van der Waals surface area contributed by atoms with E-state index in [0.29, 0.717) is 11.6 Å². The maximum absolute atomic E-state index is 12.3. The number of nitrogens with zero attached hydrogens (tertiary/aromatic N) is 2. The van der Waals surface area contributed by atoms with E-state index in [1.807, 2.05) is 24.9 Å². The normalized spacial score (nSPS) is 20.1. The molecule has 1 aliphatic heterocycles. The molecule has 0 saturated carbocycles. The number of rotatable bonds is 4. The second-order valence-electron chi connectivity index (χ2n) is 4.95. The Labute approximate surface area is 108 Å². The molecule has 2 rings (SSSR count). The molecule has 0 spiro atoms. The predicted molar refractivity (Wildman–Crippen MR) is 70.5 cm³/mol. The van der Waals surface area contributed by atoms with Crippen molar-refractivity contribution in [3.63, 3.8) is 0 Å². The first-order valence-corrected chi connectivity index (χ1v) is 6.72. The first kappa shape index (κ1) is 13.1. The van der Waals surface area contributed by atoms with Gasteiger partial charge in [-0.2, -0.15) is 5.10 Å². The minimum absolute atomic E-state index is 0.0618. The van der Waals surface area contributed by atoms with E-state index in [-0.39, 0.29) is 5.91 Å². The van der Waals surface area contributed by atoms with Gasteiger partial charge in [-0.15, -0.1) is 0 Å². The zero-order valence-electron chi connectivity index (χ0n) is 11.2. The zero-order valence-corrected chi connectivity index (χ0v) is 11.2. The number of aromatic nitrogens is 2. The summed E-state index contributed by atoms with van der Waals surface area (Å²) in [5.41, 5.74) is 1.57. The molecule has 1 fully saturated rings. The van der Waals surface area contributed by atoms with Gasteiger partial charge >= 0.3 is 0 Å². The molecule has 18 heavy (non-hydrogen) atoms. The number of hydrogen-bond donors (Lipinski definition) is 2. The van der Waals surface area contributed by atoms with Gasteiger partial charge in [0.2, 0.25) is 0 Å². The van der Waals surface area contributed by atoms with Crippen molar-refractivity contribution < 1.29 is 4.79 Å². The van der Waals surface area contributed by atoms with Crippen LogP contribution < -0.4 is 5.32 Å². The lowest BCUT2D eigenvalue weighted by molar-refractivity contribution is 0.0668. The summed E-state index contributed by atoms with van der Waals surface area (Å²) in [7, 11) is 1.96. The van der Waals surface area contributed by atoms with Crippen molar-refractivity contribution in [3.05, 3.63) is 17.5 Å². The molecule has 1 saturated heterocycles. The summed E-state index contributed by atoms with van der Waals surface area (Å²) in [5.74, 6) is 0.629. The largest absolute Gasteiger partial charge is 0.337 e. The van der Waals surface area contributed by atoms with Crippen LogP contribution in [0, 0.1) is 5.92 Å². The maximum Gasteiger partial charge on any atom is 0.274 e. The highest BCUT2D eigenvalue weighted by molar-refractivity contribution is 5.92. The topological polar surface area (TPSA) is 61.0 Å². The molecule has 1 atom stereocenters. The number of carbonyl (C=O) groups excluding carboxylic acids is 1. The number of piperidine rings is 1. The van der Waals surface area contributed by atoms with Gasteiger partial charge < -0.3 is 10.2 Å². The second kappa shape index (κ2) is 6.00. The fourth-order valence-corrected chi connectivity index (χ4v) is 2.52. The zero-order chi connectivity index (χ0) is 13.0. The van der Waals surface area contributed by atoms with Gasteiger partial charge in [-0.05, 0) is 44.8 Å². The molecule has 1 aliphatic rings. The molecule has 1 aromatic heterocycles. The van der Waals surface area contributed by atoms with Crippen LogP contribution in [0.1, 0.15) is 35.9 Å². The summed E-state index contributed by atoms with van der Waals surface area (Å²) < 4.78 is 0. The van der Waals surface area contributed by atoms with E-state index in [9.17, 15) is 4.79 Å². The molecule has 1 unspecified atom stereocenters. The fraction of sp³-hybridized carbons (Fsp3) is 0.692. The molecule has 2 N–H and O–H groups in total. The summed E-state index contributed by atoms with van der Waals surface area (Å²) >= 11 is 0. The summed E-state index contributed by atoms with van der Waals surface area (Å²) in [4.78, 5) is 14.2. The molecular weight excluding hydrogens is 228 g/mol. The number of nitrogens with one attached hydrogen (secondary N) is 2. The Hall–Kier alpha value is -1.36. The Morgan fingerprint density at radius 1 is 1.67 bits per heavy atom. The van der Waals surface area contributed by atoms with Crippen LogP contribution in [0.25, 0.3) is 0 Å². The molecule has 1 aromatic rings. The molecule has 2 heterocycles. The number of aryl methyl sites for hydroxylation is 1. The van der Waals surface area contributed by atoms with Gasteiger partial charge in [-0.3, -0.25) is 9.89 Å². The van der Waals surface area contributed by atoms with Gasteiger partial charge in [-0.1, -0.05) is 6.92 Å². The number of likely N-dealkylation sites (tertiary alicyclic amines) is 1. The monoisotopic (exact) mass is 250 g/mol. The summed E-state index contributed by atoms with van der Waals surface area (Å²) in [6.45, 7) is 4.72. The lowest BCUT2D eigenvalue weighted by Gasteiger charge is -2.32. The van der Waals surface area contributed by atoms with Crippen LogP contribution >= 0.6 is 0 Å². The molecule has 0 aliphatic carbocycles. The Kier molecular flexibility index (Phi) is 4.36. The van der Waals surface area contributed by atoms with Crippen LogP contribution in [-0.2, 0) is 6.42 Å². The SMILES string of the molecule is CCc1cc(C(=O)N2CCCC(CNC)C2)n[nH]1. The smallest absolute Gasteiger partial charge is 0.274 e. The van der Waals surface area contributed by atoms with E-state index in [1.54, 1.807) is 0 Å². The van der Waals surface area contributed by atoms with Gasteiger partial charge in [0.05, 0.1) is 0 Å². The van der Waals surface area contributed by atoms with Gasteiger partial charge in [0.25, 0.3) is 5.91 Å². The van der Waals surface area contributed by atoms with E-state index in [1.165, 1.54) is 6.42 Å². The average molecular weight is 250 g/mol. The first-order chi connectivity index (χ1) is 8.74. The lowest BCUT2D eigenvalue weighted by Crippen LogP contribution is -2.42. The fourth-order valence-electron chi connectivity index (χ4n) is 2.52. The van der Waals surface area contributed by atoms with E-state index in [4.69, 9.17) is 0 Å². The second-order valence-corrected chi connectivity index (χ2v) is 4.95. The Bertz CT molecular complexity index is 399. The highest BCUT2D eigenvalue weighted by Gasteiger charge is 2.25. The predicted octanol–water partition coefficient (Wildman–Crippen LogP) is 1.04. The average Bonchev–Trinajstić information content (AvgIpc) is 2.87. The van der Waals surface area contributed by atoms with Crippen molar-refractivity contribution in [2.45, 2.75) is 26.2 Å². The molecule has 1 amide bonds. The van der Waals surface area contributed by atoms with Gasteiger partial charge in [-0.25, -0.2) is 0 Å². The van der Waals surface area contributed by atoms with Crippen molar-refractivity contribution in [2.75, 3.05) is 26.7 Å². The first-order valence-electron chi connectivity index (χ1n) is 6.72. The molecule has 5 heteroatoms. The summed E-state index contributed by atoms with van der Waals surface area (Å²) in [5, 5.41) is 10.2. The molecule has 0 radical (unpaired) electrons. The quantitative estimate of drug-likeness (QED) is 0.839. The molecule has 0 bridgehead atoms. The van der Waals surface area contributed by atoms with Crippen LogP contribution in [0.3, 0.4) is 0 Å². The maximum atomic E-state index is 12.3. The third kappa shape index (κ3) is 2.90. The Balaban J connectivity index is 1.99. The van der Waals surface area contributed by atoms with Crippen LogP contribution in [-0.4, -0.2) is 47.7 Å². The highest BCUT2D eigenvalue weighted by Crippen LogP contribution is 2.17. The van der Waals surface area contributed by atoms with Crippen molar-refractivity contribution in [1.82, 2.24) is 20.4 Å². The molecule has 100 valence electrons. The number of aromatic amines is 1. The summed E-state index contributed by atoms with van der Waals surface area (Å²) in [6.07, 6.45) is 3.16. The Morgan fingerprint density at radius 2 is 2.50 bits per heavy atom. The van der Waals surface area contributed by atoms with Gasteiger partial charge in [0, 0.05) is 18.8 Å². The van der Waals surface area contributed by atoms with Crippen LogP contribution in [0.2, 0.25) is 0 Å². The van der Waals surface area contributed by atoms with Crippen molar-refractivity contribution in [1.29, 1.82) is 0 Å². The summed E-state index contributed by atoms with van der Waals surface area (Å²) in [6, 6.07) is 1.87. The third-order valence-corrected chi connectivity index (χ3v) is 3.53. The number of amides is 1. The van der Waals surface area contributed by atoms with E-state index in [2.05, 4.69) is 15.5 Å². The van der Waals surface area contributed by atoms with Crippen molar-refractivity contribution in [3.8, 4) is 0 Å². The van der Waals surface area contributed by atoms with Gasteiger partial charge in [0.1, 0.15) is 5.69 Å². The van der Waals surface area contributed by atoms with Crippen molar-refractivity contribution in [2.24, 2.45) is 5.92 Å². The lowest BCUT2D eigenvalue weighted by atomic mass is 9.98. The third-order valence-electron chi connectivity index (χ3n) is 3.53. The van der Waals surface area contributed by atoms with Crippen molar-refractivity contribution >= 4 is 5.91 Å². The minimum Gasteiger partial charge on any atom is -0.337 e. The molecular formula is C13H22N4O. The van der Waals surface area contributed by atoms with Gasteiger partial charge in [0.15, 0.2) is 0 Å². The van der Waals surface area contributed by atoms with E-state index in [0.717, 1.165) is 38.2 Å².